The number of benzene rings is 1. The molecule has 1 aliphatic heterocycles. The van der Waals surface area contributed by atoms with Gasteiger partial charge in [0.05, 0.1) is 32.3 Å². The Hall–Kier alpha value is -2.33. The first-order valence-corrected chi connectivity index (χ1v) is 10.1. The number of hydrogen-bond acceptors (Lipinski definition) is 7. The van der Waals surface area contributed by atoms with Gasteiger partial charge in [-0.3, -0.25) is 4.90 Å². The van der Waals surface area contributed by atoms with Gasteiger partial charge in [-0.15, -0.1) is 0 Å². The quantitative estimate of drug-likeness (QED) is 0.659. The Balaban J connectivity index is 2.07. The van der Waals surface area contributed by atoms with Crippen molar-refractivity contribution in [1.29, 1.82) is 10.5 Å². The molecule has 0 saturated carbocycles. The van der Waals surface area contributed by atoms with Gasteiger partial charge in [-0.05, 0) is 18.6 Å². The topological polar surface area (TPSA) is 107 Å². The lowest BCUT2D eigenvalue weighted by Gasteiger charge is -2.34. The second-order valence-electron chi connectivity index (χ2n) is 6.24. The van der Waals surface area contributed by atoms with Gasteiger partial charge in [-0.1, -0.05) is 0 Å². The molecule has 1 heterocycles. The minimum Gasteiger partial charge on any atom is -0.497 e. The summed E-state index contributed by atoms with van der Waals surface area (Å²) in [5.41, 5.74) is 0. The number of hydrogen-bond donors (Lipinski definition) is 0. The molecule has 0 bridgehead atoms. The number of methoxy groups -OCH3 is 2. The second-order valence-corrected chi connectivity index (χ2v) is 8.15. The van der Waals surface area contributed by atoms with Crippen LogP contribution in [0.4, 0.5) is 0 Å². The standard InChI is InChI=1S/C18H24N4O4S/c1-25-16-5-6-17(26-2)18(12-16)27(23,24)22-10-8-21(9-11-22)14-15(13-20)4-3-7-19/h5-6,12,15H,3-4,8-11,14H2,1-2H3/t15-/m1/s1. The van der Waals surface area contributed by atoms with Crippen molar-refractivity contribution in [2.45, 2.75) is 17.7 Å². The molecule has 2 rings (SSSR count). The number of nitriles is 2. The molecule has 0 spiro atoms. The predicted molar refractivity (Wildman–Crippen MR) is 98.7 cm³/mol. The Kier molecular flexibility index (Phi) is 7.43. The lowest BCUT2D eigenvalue weighted by Crippen LogP contribution is -2.49. The van der Waals surface area contributed by atoms with Gasteiger partial charge in [-0.25, -0.2) is 8.42 Å². The van der Waals surface area contributed by atoms with E-state index < -0.39 is 10.0 Å². The van der Waals surface area contributed by atoms with Crippen molar-refractivity contribution < 1.29 is 17.9 Å². The molecule has 0 unspecified atom stereocenters. The molecule has 0 aromatic heterocycles. The molecule has 146 valence electrons. The van der Waals surface area contributed by atoms with E-state index in [-0.39, 0.29) is 16.6 Å². The molecule has 1 atom stereocenters. The number of rotatable bonds is 8. The number of ether oxygens (including phenoxy) is 2. The average Bonchev–Trinajstić information content (AvgIpc) is 2.70. The first-order valence-electron chi connectivity index (χ1n) is 8.67. The minimum absolute atomic E-state index is 0.0849. The molecule has 1 aromatic carbocycles. The molecule has 9 heteroatoms. The maximum atomic E-state index is 13.0. The van der Waals surface area contributed by atoms with Crippen LogP contribution in [-0.2, 0) is 10.0 Å². The van der Waals surface area contributed by atoms with E-state index in [0.29, 0.717) is 51.3 Å². The van der Waals surface area contributed by atoms with Gasteiger partial charge in [0.1, 0.15) is 16.4 Å². The molecule has 1 aliphatic rings. The van der Waals surface area contributed by atoms with Crippen molar-refractivity contribution in [3.05, 3.63) is 18.2 Å². The normalized spacial score (nSPS) is 16.9. The zero-order chi connectivity index (χ0) is 19.9. The molecule has 1 saturated heterocycles. The fourth-order valence-corrected chi connectivity index (χ4v) is 4.62. The third-order valence-electron chi connectivity index (χ3n) is 4.59. The predicted octanol–water partition coefficient (Wildman–Crippen LogP) is 1.45. The van der Waals surface area contributed by atoms with Gasteiger partial charge < -0.3 is 9.47 Å². The van der Waals surface area contributed by atoms with Crippen molar-refractivity contribution in [3.63, 3.8) is 0 Å². The van der Waals surface area contributed by atoms with Crippen molar-refractivity contribution in [1.82, 2.24) is 9.21 Å². The van der Waals surface area contributed by atoms with E-state index in [9.17, 15) is 13.7 Å². The van der Waals surface area contributed by atoms with Gasteiger partial charge in [0.2, 0.25) is 10.0 Å². The highest BCUT2D eigenvalue weighted by atomic mass is 32.2. The van der Waals surface area contributed by atoms with Gasteiger partial charge in [0, 0.05) is 45.2 Å². The van der Waals surface area contributed by atoms with Crippen LogP contribution in [0.1, 0.15) is 12.8 Å². The number of piperazine rings is 1. The summed E-state index contributed by atoms with van der Waals surface area (Å²) in [6.45, 7) is 2.29. The van der Waals surface area contributed by atoms with E-state index in [4.69, 9.17) is 14.7 Å². The van der Waals surface area contributed by atoms with Gasteiger partial charge in [0.25, 0.3) is 0 Å². The molecule has 0 amide bonds. The summed E-state index contributed by atoms with van der Waals surface area (Å²) in [4.78, 5) is 2.15. The summed E-state index contributed by atoms with van der Waals surface area (Å²) in [6.07, 6.45) is 0.884. The Morgan fingerprint density at radius 1 is 1.15 bits per heavy atom. The fraction of sp³-hybridized carbons (Fsp3) is 0.556. The van der Waals surface area contributed by atoms with E-state index >= 15 is 0 Å². The van der Waals surface area contributed by atoms with Crippen molar-refractivity contribution in [2.75, 3.05) is 46.9 Å². The maximum Gasteiger partial charge on any atom is 0.246 e. The van der Waals surface area contributed by atoms with Gasteiger partial charge >= 0.3 is 0 Å². The van der Waals surface area contributed by atoms with E-state index in [1.807, 2.05) is 0 Å². The van der Waals surface area contributed by atoms with E-state index in [0.717, 1.165) is 0 Å². The smallest absolute Gasteiger partial charge is 0.246 e. The summed E-state index contributed by atoms with van der Waals surface area (Å²) in [6, 6.07) is 8.98. The highest BCUT2D eigenvalue weighted by Crippen LogP contribution is 2.31. The average molecular weight is 392 g/mol. The van der Waals surface area contributed by atoms with Crippen LogP contribution in [0, 0.1) is 28.6 Å². The lowest BCUT2D eigenvalue weighted by atomic mass is 10.0. The molecule has 8 nitrogen and oxygen atoms in total. The van der Waals surface area contributed by atoms with Crippen LogP contribution in [0.2, 0.25) is 0 Å². The fourth-order valence-electron chi connectivity index (χ4n) is 3.02. The number of nitrogens with zero attached hydrogens (tertiary/aromatic N) is 4. The van der Waals surface area contributed by atoms with Crippen LogP contribution < -0.4 is 9.47 Å². The summed E-state index contributed by atoms with van der Waals surface area (Å²) < 4.78 is 37.9. The van der Waals surface area contributed by atoms with Crippen LogP contribution in [0.15, 0.2) is 23.1 Å². The Bertz CT molecular complexity index is 821. The Morgan fingerprint density at radius 3 is 2.41 bits per heavy atom. The van der Waals surface area contributed by atoms with Crippen LogP contribution in [-0.4, -0.2) is 64.6 Å². The van der Waals surface area contributed by atoms with Gasteiger partial charge in [0.15, 0.2) is 0 Å². The Morgan fingerprint density at radius 2 is 1.85 bits per heavy atom. The summed E-state index contributed by atoms with van der Waals surface area (Å²) in [5.74, 6) is 0.507. The van der Waals surface area contributed by atoms with Crippen molar-refractivity contribution in [2.24, 2.45) is 5.92 Å². The minimum atomic E-state index is -3.72. The van der Waals surface area contributed by atoms with Crippen LogP contribution >= 0.6 is 0 Å². The highest BCUT2D eigenvalue weighted by molar-refractivity contribution is 7.89. The zero-order valence-corrected chi connectivity index (χ0v) is 16.4. The summed E-state index contributed by atoms with van der Waals surface area (Å²) >= 11 is 0. The molecule has 0 radical (unpaired) electrons. The lowest BCUT2D eigenvalue weighted by molar-refractivity contribution is 0.173. The second kappa shape index (κ2) is 9.56. The molecule has 0 N–H and O–H groups in total. The van der Waals surface area contributed by atoms with E-state index in [1.165, 1.54) is 24.6 Å². The Labute approximate surface area is 160 Å². The monoisotopic (exact) mass is 392 g/mol. The molecule has 0 aliphatic carbocycles. The molecule has 27 heavy (non-hydrogen) atoms. The summed E-state index contributed by atoms with van der Waals surface area (Å²) in [7, 11) is -0.802. The molecule has 1 aromatic rings. The third-order valence-corrected chi connectivity index (χ3v) is 6.51. The highest BCUT2D eigenvalue weighted by Gasteiger charge is 2.31. The first-order chi connectivity index (χ1) is 13.0. The molecular formula is C18H24N4O4S. The maximum absolute atomic E-state index is 13.0. The van der Waals surface area contributed by atoms with Gasteiger partial charge in [-0.2, -0.15) is 14.8 Å². The first kappa shape index (κ1) is 21.0. The molecular weight excluding hydrogens is 368 g/mol. The number of sulfonamides is 1. The van der Waals surface area contributed by atoms with E-state index in [2.05, 4.69) is 17.0 Å². The largest absolute Gasteiger partial charge is 0.497 e. The zero-order valence-electron chi connectivity index (χ0n) is 15.6. The van der Waals surface area contributed by atoms with Crippen molar-refractivity contribution in [3.8, 4) is 23.6 Å². The SMILES string of the molecule is COc1ccc(OC)c(S(=O)(=O)N2CCN(C[C@@H](C#N)CCC#N)CC2)c1. The molecule has 1 fully saturated rings. The van der Waals surface area contributed by atoms with E-state index in [1.54, 1.807) is 12.1 Å². The van der Waals surface area contributed by atoms with Crippen molar-refractivity contribution >= 4 is 10.0 Å². The summed E-state index contributed by atoms with van der Waals surface area (Å²) in [5, 5.41) is 17.9. The third kappa shape index (κ3) is 5.10. The van der Waals surface area contributed by atoms with Crippen LogP contribution in [0.25, 0.3) is 0 Å². The van der Waals surface area contributed by atoms with Crippen LogP contribution in [0.5, 0.6) is 11.5 Å². The van der Waals surface area contributed by atoms with Crippen LogP contribution in [0.3, 0.4) is 0 Å².